The van der Waals surface area contributed by atoms with Crippen LogP contribution in [-0.4, -0.2) is 36.2 Å². The summed E-state index contributed by atoms with van der Waals surface area (Å²) in [6.07, 6.45) is 10.4. The van der Waals surface area contributed by atoms with Gasteiger partial charge in [0, 0.05) is 35.8 Å². The van der Waals surface area contributed by atoms with Crippen LogP contribution in [0, 0.1) is 35.5 Å². The molecule has 0 amide bonds. The third kappa shape index (κ3) is 3.08. The van der Waals surface area contributed by atoms with Crippen molar-refractivity contribution in [3.8, 4) is 0 Å². The zero-order valence-corrected chi connectivity index (χ0v) is 25.3. The van der Waals surface area contributed by atoms with Gasteiger partial charge < -0.3 is 10.6 Å². The second kappa shape index (κ2) is 8.80. The van der Waals surface area contributed by atoms with Gasteiger partial charge in [-0.3, -0.25) is 19.2 Å². The topological polar surface area (TPSA) is 92.3 Å². The molecule has 6 nitrogen and oxygen atoms in total. The summed E-state index contributed by atoms with van der Waals surface area (Å²) in [4.78, 5) is 57.6. The van der Waals surface area contributed by atoms with Crippen LogP contribution < -0.4 is 10.6 Å². The third-order valence-electron chi connectivity index (χ3n) is 12.9. The zero-order valence-electron chi connectivity index (χ0n) is 23.7. The van der Waals surface area contributed by atoms with Gasteiger partial charge in [0.05, 0.1) is 19.5 Å². The van der Waals surface area contributed by atoms with E-state index in [2.05, 4.69) is 10.6 Å². The molecular formula is C34H36N2O4S2. The van der Waals surface area contributed by atoms with Gasteiger partial charge in [0.15, 0.2) is 23.1 Å². The second-order valence-electron chi connectivity index (χ2n) is 14.6. The average molecular weight is 601 g/mol. The molecule has 4 heterocycles. The molecule has 0 bridgehead atoms. The summed E-state index contributed by atoms with van der Waals surface area (Å²) in [5, 5.41) is 7.44. The van der Waals surface area contributed by atoms with E-state index >= 15 is 0 Å². The van der Waals surface area contributed by atoms with E-state index in [4.69, 9.17) is 0 Å². The van der Waals surface area contributed by atoms with E-state index in [9.17, 15) is 19.2 Å². The largest absolute Gasteiger partial charge is 0.309 e. The maximum absolute atomic E-state index is 13.8. The van der Waals surface area contributed by atoms with Gasteiger partial charge in [-0.05, 0) is 110 Å². The maximum atomic E-state index is 13.8. The summed E-state index contributed by atoms with van der Waals surface area (Å²) in [5.74, 6) is 2.81. The smallest absolute Gasteiger partial charge is 0.178 e. The summed E-state index contributed by atoms with van der Waals surface area (Å²) in [7, 11) is 0. The predicted molar refractivity (Wildman–Crippen MR) is 160 cm³/mol. The van der Waals surface area contributed by atoms with Crippen molar-refractivity contribution in [2.45, 2.75) is 88.1 Å². The maximum Gasteiger partial charge on any atom is 0.178 e. The molecule has 8 heteroatoms. The molecule has 10 unspecified atom stereocenters. The van der Waals surface area contributed by atoms with Crippen molar-refractivity contribution in [1.29, 1.82) is 0 Å². The summed E-state index contributed by atoms with van der Waals surface area (Å²) >= 11 is 3.01. The van der Waals surface area contributed by atoms with Gasteiger partial charge in [0.25, 0.3) is 0 Å². The van der Waals surface area contributed by atoms with Crippen LogP contribution in [0.1, 0.15) is 149 Å². The molecule has 4 fully saturated rings. The number of rotatable bonds is 1. The molecule has 218 valence electrons. The Hall–Kier alpha value is -2.00. The second-order valence-corrected chi connectivity index (χ2v) is 16.6. The molecule has 0 radical (unpaired) electrons. The number of hydrogen-bond donors (Lipinski definition) is 2. The molecule has 2 saturated heterocycles. The molecule has 0 aromatic carbocycles. The molecule has 0 spiro atoms. The van der Waals surface area contributed by atoms with Crippen molar-refractivity contribution in [2.24, 2.45) is 35.5 Å². The highest BCUT2D eigenvalue weighted by atomic mass is 32.1. The molecule has 6 aliphatic carbocycles. The van der Waals surface area contributed by atoms with Crippen LogP contribution in [0.2, 0.25) is 0 Å². The number of nitrogens with one attached hydrogen (secondary N) is 2. The van der Waals surface area contributed by atoms with Crippen molar-refractivity contribution >= 4 is 45.8 Å². The average Bonchev–Trinajstić information content (AvgIpc) is 3.83. The van der Waals surface area contributed by atoms with Crippen LogP contribution >= 0.6 is 22.7 Å². The third-order valence-corrected chi connectivity index (χ3v) is 15.4. The summed E-state index contributed by atoms with van der Waals surface area (Å²) < 4.78 is 0. The van der Waals surface area contributed by atoms with Gasteiger partial charge in [0.1, 0.15) is 0 Å². The molecular weight excluding hydrogens is 565 g/mol. The SMILES string of the molecule is O=C1c2sc3c(c2C2CCCCC12)C1CCC(C2CNC4c5c(sc6c5C5NCCCC5C6=O)C(=O)C4C2)CC1C3=O. The number of hydrogen-bond acceptors (Lipinski definition) is 8. The van der Waals surface area contributed by atoms with Crippen LogP contribution in [0.15, 0.2) is 0 Å². The first-order valence-corrected chi connectivity index (χ1v) is 18.1. The van der Waals surface area contributed by atoms with Crippen LogP contribution in [0.3, 0.4) is 0 Å². The molecule has 2 N–H and O–H groups in total. The number of Topliss-reactive ketones (excluding diaryl/α,β-unsaturated/α-hetero) is 4. The van der Waals surface area contributed by atoms with E-state index in [1.54, 1.807) is 0 Å². The lowest BCUT2D eigenvalue weighted by atomic mass is 9.66. The minimum atomic E-state index is -0.0517. The van der Waals surface area contributed by atoms with Gasteiger partial charge >= 0.3 is 0 Å². The monoisotopic (exact) mass is 600 g/mol. The van der Waals surface area contributed by atoms with E-state index in [1.165, 1.54) is 40.2 Å². The Labute approximate surface area is 253 Å². The normalized spacial score (nSPS) is 41.1. The molecule has 10 rings (SSSR count). The van der Waals surface area contributed by atoms with Crippen molar-refractivity contribution < 1.29 is 19.2 Å². The Morgan fingerprint density at radius 2 is 1.02 bits per heavy atom. The minimum absolute atomic E-state index is 0.0269. The number of carbonyl (C=O) groups is 4. The Balaban J connectivity index is 0.895. The van der Waals surface area contributed by atoms with Crippen LogP contribution in [-0.2, 0) is 0 Å². The zero-order chi connectivity index (χ0) is 28.0. The highest BCUT2D eigenvalue weighted by Crippen LogP contribution is 2.61. The Kier molecular flexibility index (Phi) is 5.31. The fourth-order valence-corrected chi connectivity index (χ4v) is 13.9. The summed E-state index contributed by atoms with van der Waals surface area (Å²) in [6, 6.07) is 0.108. The van der Waals surface area contributed by atoms with E-state index in [-0.39, 0.29) is 53.2 Å². The lowest BCUT2D eigenvalue weighted by molar-refractivity contribution is 0.0716. The fraction of sp³-hybridized carbons (Fsp3) is 0.647. The van der Waals surface area contributed by atoms with E-state index in [1.807, 2.05) is 0 Å². The number of ketones is 4. The van der Waals surface area contributed by atoms with Crippen molar-refractivity contribution in [2.75, 3.05) is 13.1 Å². The van der Waals surface area contributed by atoms with Crippen LogP contribution in [0.25, 0.3) is 0 Å². The first-order chi connectivity index (χ1) is 20.5. The van der Waals surface area contributed by atoms with Crippen LogP contribution in [0.4, 0.5) is 0 Å². The van der Waals surface area contributed by atoms with Gasteiger partial charge in [-0.1, -0.05) is 12.8 Å². The minimum Gasteiger partial charge on any atom is -0.309 e. The van der Waals surface area contributed by atoms with Crippen molar-refractivity contribution in [3.63, 3.8) is 0 Å². The highest BCUT2D eigenvalue weighted by Gasteiger charge is 2.56. The standard InChI is InChI=1S/C34H36N2O4S2/c37-27-17-5-2-1-4-15(17)21-22-16-8-7-13(10-19(16)29(39)32(22)41-31(21)27)14-11-20-26(36-12-14)24-23-25-18(6-3-9-35-25)28(38)33(23)42-34(24)30(20)40/h13-20,25-26,35-36H,1-12H2. The van der Waals surface area contributed by atoms with E-state index in [0.29, 0.717) is 29.3 Å². The van der Waals surface area contributed by atoms with Crippen molar-refractivity contribution in [1.82, 2.24) is 10.6 Å². The van der Waals surface area contributed by atoms with Gasteiger partial charge in [0.2, 0.25) is 0 Å². The molecule has 2 aliphatic heterocycles. The number of piperidine rings is 2. The first kappa shape index (κ1) is 25.3. The van der Waals surface area contributed by atoms with Crippen molar-refractivity contribution in [3.05, 3.63) is 41.8 Å². The lowest BCUT2D eigenvalue weighted by Gasteiger charge is -2.41. The number of carbonyl (C=O) groups excluding carboxylic acids is 4. The molecule has 10 atom stereocenters. The number of thiophene rings is 2. The van der Waals surface area contributed by atoms with E-state index < -0.39 is 0 Å². The Bertz CT molecular complexity index is 1500. The van der Waals surface area contributed by atoms with Gasteiger partial charge in [-0.25, -0.2) is 0 Å². The first-order valence-electron chi connectivity index (χ1n) is 16.5. The van der Waals surface area contributed by atoms with Crippen LogP contribution in [0.5, 0.6) is 0 Å². The summed E-state index contributed by atoms with van der Waals surface area (Å²) in [6.45, 7) is 1.81. The number of fused-ring (bicyclic) bond motifs is 14. The highest BCUT2D eigenvalue weighted by molar-refractivity contribution is 7.17. The fourth-order valence-electron chi connectivity index (χ4n) is 11.1. The summed E-state index contributed by atoms with van der Waals surface area (Å²) in [5.41, 5.74) is 4.88. The van der Waals surface area contributed by atoms with Gasteiger partial charge in [-0.2, -0.15) is 0 Å². The Morgan fingerprint density at radius 3 is 1.79 bits per heavy atom. The quantitative estimate of drug-likeness (QED) is 0.395. The molecule has 2 aromatic rings. The van der Waals surface area contributed by atoms with Gasteiger partial charge in [-0.15, -0.1) is 22.7 Å². The molecule has 2 aromatic heterocycles. The molecule has 8 aliphatic rings. The predicted octanol–water partition coefficient (Wildman–Crippen LogP) is 6.38. The lowest BCUT2D eigenvalue weighted by Crippen LogP contribution is -2.43. The molecule has 2 saturated carbocycles. The molecule has 42 heavy (non-hydrogen) atoms. The van der Waals surface area contributed by atoms with E-state index in [0.717, 1.165) is 102 Å². The Morgan fingerprint density at radius 1 is 0.476 bits per heavy atom.